The fourth-order valence-corrected chi connectivity index (χ4v) is 2.10. The molecule has 0 saturated heterocycles. The minimum absolute atomic E-state index is 0.184. The van der Waals surface area contributed by atoms with E-state index >= 15 is 0 Å². The lowest BCUT2D eigenvalue weighted by Gasteiger charge is -2.16. The van der Waals surface area contributed by atoms with Crippen LogP contribution in [0.4, 0.5) is 5.69 Å². The van der Waals surface area contributed by atoms with Crippen molar-refractivity contribution in [2.75, 3.05) is 11.9 Å². The van der Waals surface area contributed by atoms with Gasteiger partial charge in [-0.05, 0) is 25.5 Å². The van der Waals surface area contributed by atoms with E-state index in [1.165, 1.54) is 0 Å². The van der Waals surface area contributed by atoms with Crippen molar-refractivity contribution in [2.45, 2.75) is 32.4 Å². The molecule has 0 radical (unpaired) electrons. The predicted octanol–water partition coefficient (Wildman–Crippen LogP) is 1.09. The highest BCUT2D eigenvalue weighted by Gasteiger charge is 2.28. The SMILES string of the molecule is CCOC(=O)C(C)NC(=O)C1Cc2ccccc2N1. The number of rotatable bonds is 4. The molecule has 0 bridgehead atoms. The fourth-order valence-electron chi connectivity index (χ4n) is 2.10. The van der Waals surface area contributed by atoms with Crippen molar-refractivity contribution < 1.29 is 14.3 Å². The summed E-state index contributed by atoms with van der Waals surface area (Å²) in [6.45, 7) is 3.67. The van der Waals surface area contributed by atoms with Crippen LogP contribution < -0.4 is 10.6 Å². The Morgan fingerprint density at radius 3 is 2.89 bits per heavy atom. The van der Waals surface area contributed by atoms with Gasteiger partial charge in [-0.15, -0.1) is 0 Å². The second-order valence-corrected chi connectivity index (χ2v) is 4.54. The molecular weight excluding hydrogens is 244 g/mol. The van der Waals surface area contributed by atoms with Crippen molar-refractivity contribution in [3.63, 3.8) is 0 Å². The molecule has 2 atom stereocenters. The third-order valence-corrected chi connectivity index (χ3v) is 3.09. The summed E-state index contributed by atoms with van der Waals surface area (Å²) in [4.78, 5) is 23.5. The molecule has 0 aliphatic carbocycles. The Balaban J connectivity index is 1.91. The van der Waals surface area contributed by atoms with Gasteiger partial charge in [0, 0.05) is 12.1 Å². The number of carbonyl (C=O) groups is 2. The number of benzene rings is 1. The third kappa shape index (κ3) is 3.05. The third-order valence-electron chi connectivity index (χ3n) is 3.09. The molecule has 1 aliphatic rings. The first-order chi connectivity index (χ1) is 9.11. The average molecular weight is 262 g/mol. The van der Waals surface area contributed by atoms with Crippen LogP contribution >= 0.6 is 0 Å². The highest BCUT2D eigenvalue weighted by Crippen LogP contribution is 2.25. The number of nitrogens with one attached hydrogen (secondary N) is 2. The first-order valence-corrected chi connectivity index (χ1v) is 6.43. The summed E-state index contributed by atoms with van der Waals surface area (Å²) >= 11 is 0. The van der Waals surface area contributed by atoms with Crippen LogP contribution in [0, 0.1) is 0 Å². The molecule has 2 rings (SSSR count). The lowest BCUT2D eigenvalue weighted by molar-refractivity contribution is -0.146. The van der Waals surface area contributed by atoms with Gasteiger partial charge in [0.1, 0.15) is 12.1 Å². The van der Waals surface area contributed by atoms with Gasteiger partial charge in [-0.2, -0.15) is 0 Å². The van der Waals surface area contributed by atoms with E-state index in [-0.39, 0.29) is 11.9 Å². The summed E-state index contributed by atoms with van der Waals surface area (Å²) in [6.07, 6.45) is 0.636. The maximum atomic E-state index is 12.1. The van der Waals surface area contributed by atoms with Gasteiger partial charge in [0.05, 0.1) is 6.61 Å². The van der Waals surface area contributed by atoms with Crippen molar-refractivity contribution >= 4 is 17.6 Å². The Morgan fingerprint density at radius 2 is 2.21 bits per heavy atom. The fraction of sp³-hybridized carbons (Fsp3) is 0.429. The molecule has 2 N–H and O–H groups in total. The molecule has 1 aliphatic heterocycles. The number of anilines is 1. The molecule has 0 spiro atoms. The largest absolute Gasteiger partial charge is 0.464 e. The Labute approximate surface area is 112 Å². The van der Waals surface area contributed by atoms with Crippen LogP contribution in [0.25, 0.3) is 0 Å². The van der Waals surface area contributed by atoms with E-state index in [1.54, 1.807) is 13.8 Å². The van der Waals surface area contributed by atoms with Crippen LogP contribution in [0.5, 0.6) is 0 Å². The number of hydrogen-bond acceptors (Lipinski definition) is 4. The zero-order valence-corrected chi connectivity index (χ0v) is 11.1. The molecular formula is C14H18N2O3. The summed E-state index contributed by atoms with van der Waals surface area (Å²) in [5.41, 5.74) is 2.10. The van der Waals surface area contributed by atoms with Gasteiger partial charge in [-0.3, -0.25) is 4.79 Å². The molecule has 1 aromatic rings. The highest BCUT2D eigenvalue weighted by atomic mass is 16.5. The monoisotopic (exact) mass is 262 g/mol. The van der Waals surface area contributed by atoms with Crippen molar-refractivity contribution in [1.29, 1.82) is 0 Å². The highest BCUT2D eigenvalue weighted by molar-refractivity contribution is 5.90. The first-order valence-electron chi connectivity index (χ1n) is 6.43. The van der Waals surface area contributed by atoms with E-state index in [2.05, 4.69) is 10.6 Å². The molecule has 0 fully saturated rings. The average Bonchev–Trinajstić information content (AvgIpc) is 2.82. The van der Waals surface area contributed by atoms with Gasteiger partial charge in [0.25, 0.3) is 0 Å². The molecule has 5 heteroatoms. The number of esters is 1. The van der Waals surface area contributed by atoms with Gasteiger partial charge < -0.3 is 15.4 Å². The Kier molecular flexibility index (Phi) is 4.04. The van der Waals surface area contributed by atoms with Gasteiger partial charge in [0.2, 0.25) is 5.91 Å². The molecule has 102 valence electrons. The second-order valence-electron chi connectivity index (χ2n) is 4.54. The maximum Gasteiger partial charge on any atom is 0.328 e. The van der Waals surface area contributed by atoms with E-state index in [0.29, 0.717) is 13.0 Å². The number of ether oxygens (including phenoxy) is 1. The van der Waals surface area contributed by atoms with Gasteiger partial charge >= 0.3 is 5.97 Å². The second kappa shape index (κ2) is 5.73. The van der Waals surface area contributed by atoms with Crippen molar-refractivity contribution in [1.82, 2.24) is 5.32 Å². The van der Waals surface area contributed by atoms with Gasteiger partial charge in [-0.25, -0.2) is 4.79 Å². The lowest BCUT2D eigenvalue weighted by atomic mass is 10.1. The predicted molar refractivity (Wildman–Crippen MR) is 71.8 cm³/mol. The molecule has 2 unspecified atom stereocenters. The molecule has 5 nitrogen and oxygen atoms in total. The molecule has 1 aromatic carbocycles. The summed E-state index contributed by atoms with van der Waals surface area (Å²) in [5, 5.41) is 5.81. The van der Waals surface area contributed by atoms with Crippen LogP contribution in [-0.4, -0.2) is 30.6 Å². The minimum Gasteiger partial charge on any atom is -0.464 e. The summed E-state index contributed by atoms with van der Waals surface area (Å²) < 4.78 is 4.85. The number of hydrogen-bond donors (Lipinski definition) is 2. The standard InChI is InChI=1S/C14H18N2O3/c1-3-19-14(18)9(2)15-13(17)12-8-10-6-4-5-7-11(10)16-12/h4-7,9,12,16H,3,8H2,1-2H3,(H,15,17). The lowest BCUT2D eigenvalue weighted by Crippen LogP contribution is -2.46. The topological polar surface area (TPSA) is 67.4 Å². The van der Waals surface area contributed by atoms with E-state index in [0.717, 1.165) is 11.3 Å². The Morgan fingerprint density at radius 1 is 1.47 bits per heavy atom. The van der Waals surface area contributed by atoms with Crippen molar-refractivity contribution in [3.05, 3.63) is 29.8 Å². The molecule has 1 heterocycles. The number of amides is 1. The van der Waals surface area contributed by atoms with Crippen LogP contribution in [0.3, 0.4) is 0 Å². The quantitative estimate of drug-likeness (QED) is 0.797. The van der Waals surface area contributed by atoms with E-state index in [1.807, 2.05) is 24.3 Å². The van der Waals surface area contributed by atoms with Crippen LogP contribution in [0.15, 0.2) is 24.3 Å². The van der Waals surface area contributed by atoms with Gasteiger partial charge in [0.15, 0.2) is 0 Å². The normalized spacial score (nSPS) is 18.1. The minimum atomic E-state index is -0.627. The van der Waals surface area contributed by atoms with Gasteiger partial charge in [-0.1, -0.05) is 18.2 Å². The first kappa shape index (κ1) is 13.4. The zero-order chi connectivity index (χ0) is 13.8. The number of carbonyl (C=O) groups excluding carboxylic acids is 2. The summed E-state index contributed by atoms with van der Waals surface area (Å²) in [6, 6.07) is 6.85. The summed E-state index contributed by atoms with van der Waals surface area (Å²) in [5.74, 6) is -0.594. The Bertz CT molecular complexity index is 462. The molecule has 0 saturated carbocycles. The Hall–Kier alpha value is -2.04. The van der Waals surface area contributed by atoms with Crippen LogP contribution in [0.1, 0.15) is 19.4 Å². The maximum absolute atomic E-state index is 12.1. The van der Waals surface area contributed by atoms with Crippen LogP contribution in [0.2, 0.25) is 0 Å². The molecule has 0 aromatic heterocycles. The van der Waals surface area contributed by atoms with Crippen LogP contribution in [-0.2, 0) is 20.7 Å². The number of fused-ring (bicyclic) bond motifs is 1. The zero-order valence-electron chi connectivity index (χ0n) is 11.1. The van der Waals surface area contributed by atoms with E-state index in [4.69, 9.17) is 4.74 Å². The molecule has 1 amide bonds. The number of para-hydroxylation sites is 1. The smallest absolute Gasteiger partial charge is 0.328 e. The van der Waals surface area contributed by atoms with Crippen molar-refractivity contribution in [3.8, 4) is 0 Å². The summed E-state index contributed by atoms with van der Waals surface area (Å²) in [7, 11) is 0. The van der Waals surface area contributed by atoms with Crippen molar-refractivity contribution in [2.24, 2.45) is 0 Å². The van der Waals surface area contributed by atoms with E-state index < -0.39 is 12.0 Å². The molecule has 19 heavy (non-hydrogen) atoms. The van der Waals surface area contributed by atoms with E-state index in [9.17, 15) is 9.59 Å².